The molecule has 3 heteroatoms. The van der Waals surface area contributed by atoms with Crippen molar-refractivity contribution < 1.29 is 4.39 Å². The number of rotatable bonds is 1. The summed E-state index contributed by atoms with van der Waals surface area (Å²) in [6.07, 6.45) is 0. The third-order valence-corrected chi connectivity index (χ3v) is 2.96. The van der Waals surface area contributed by atoms with Crippen molar-refractivity contribution in [1.29, 1.82) is 0 Å². The molecule has 0 aromatic heterocycles. The average molecular weight is 208 g/mol. The summed E-state index contributed by atoms with van der Waals surface area (Å²) in [6.45, 7) is 6.07. The Hall–Kier alpha value is -1.09. The van der Waals surface area contributed by atoms with E-state index in [1.807, 2.05) is 12.1 Å². The van der Waals surface area contributed by atoms with Crippen molar-refractivity contribution in [3.63, 3.8) is 0 Å². The van der Waals surface area contributed by atoms with Crippen LogP contribution in [0.2, 0.25) is 0 Å². The van der Waals surface area contributed by atoms with Crippen molar-refractivity contribution >= 4 is 5.69 Å². The fourth-order valence-electron chi connectivity index (χ4n) is 2.27. The van der Waals surface area contributed by atoms with Gasteiger partial charge in [0.2, 0.25) is 0 Å². The average Bonchev–Trinajstić information content (AvgIpc) is 2.20. The summed E-state index contributed by atoms with van der Waals surface area (Å²) in [4.78, 5) is 2.16. The molecule has 2 rings (SSSR count). The van der Waals surface area contributed by atoms with Crippen LogP contribution in [0.15, 0.2) is 24.3 Å². The summed E-state index contributed by atoms with van der Waals surface area (Å²) in [7, 11) is 0. The minimum absolute atomic E-state index is 0.127. The molecule has 1 fully saturated rings. The van der Waals surface area contributed by atoms with Gasteiger partial charge in [0.15, 0.2) is 0 Å². The zero-order valence-electron chi connectivity index (χ0n) is 9.20. The van der Waals surface area contributed by atoms with E-state index in [2.05, 4.69) is 24.1 Å². The Kier molecular flexibility index (Phi) is 2.91. The van der Waals surface area contributed by atoms with Crippen molar-refractivity contribution in [3.05, 3.63) is 30.1 Å². The largest absolute Gasteiger partial charge is 0.361 e. The molecule has 1 saturated heterocycles. The van der Waals surface area contributed by atoms with Crippen LogP contribution in [0.3, 0.4) is 0 Å². The van der Waals surface area contributed by atoms with E-state index in [9.17, 15) is 4.39 Å². The van der Waals surface area contributed by atoms with Gasteiger partial charge in [-0.05, 0) is 26.0 Å². The number of halogens is 1. The van der Waals surface area contributed by atoms with E-state index in [4.69, 9.17) is 0 Å². The number of anilines is 1. The summed E-state index contributed by atoms with van der Waals surface area (Å²) >= 11 is 0. The first-order chi connectivity index (χ1) is 7.20. The van der Waals surface area contributed by atoms with Gasteiger partial charge in [0, 0.05) is 25.2 Å². The molecule has 0 spiro atoms. The van der Waals surface area contributed by atoms with Crippen LogP contribution in [-0.4, -0.2) is 25.2 Å². The lowest BCUT2D eigenvalue weighted by molar-refractivity contribution is 0.425. The topological polar surface area (TPSA) is 15.3 Å². The first-order valence-corrected chi connectivity index (χ1v) is 5.43. The molecule has 2 nitrogen and oxygen atoms in total. The lowest BCUT2D eigenvalue weighted by Gasteiger charge is -2.41. The van der Waals surface area contributed by atoms with Gasteiger partial charge in [0.1, 0.15) is 5.82 Å². The highest BCUT2D eigenvalue weighted by molar-refractivity contribution is 5.50. The molecule has 0 radical (unpaired) electrons. The number of piperazine rings is 1. The normalized spacial score (nSPS) is 26.7. The van der Waals surface area contributed by atoms with E-state index >= 15 is 0 Å². The standard InChI is InChI=1S/C12H17FN2/c1-9-7-14-8-10(2)15(9)12-6-4-3-5-11(12)13/h3-6,9-10,14H,7-8H2,1-2H3. The third kappa shape index (κ3) is 1.97. The van der Waals surface area contributed by atoms with E-state index in [-0.39, 0.29) is 5.82 Å². The lowest BCUT2D eigenvalue weighted by Crippen LogP contribution is -2.55. The van der Waals surface area contributed by atoms with E-state index in [0.717, 1.165) is 18.8 Å². The lowest BCUT2D eigenvalue weighted by atomic mass is 10.1. The van der Waals surface area contributed by atoms with Crippen LogP contribution < -0.4 is 10.2 Å². The maximum Gasteiger partial charge on any atom is 0.146 e. The Morgan fingerprint density at radius 1 is 1.20 bits per heavy atom. The van der Waals surface area contributed by atoms with Crippen LogP contribution in [-0.2, 0) is 0 Å². The second-order valence-corrected chi connectivity index (χ2v) is 4.21. The number of hydrogen-bond acceptors (Lipinski definition) is 2. The molecule has 82 valence electrons. The second-order valence-electron chi connectivity index (χ2n) is 4.21. The molecule has 1 N–H and O–H groups in total. The molecule has 0 saturated carbocycles. The smallest absolute Gasteiger partial charge is 0.146 e. The van der Waals surface area contributed by atoms with Gasteiger partial charge in [-0.2, -0.15) is 0 Å². The van der Waals surface area contributed by atoms with Gasteiger partial charge in [-0.15, -0.1) is 0 Å². The number of benzene rings is 1. The summed E-state index contributed by atoms with van der Waals surface area (Å²) in [5.74, 6) is -0.127. The van der Waals surface area contributed by atoms with Crippen molar-refractivity contribution in [2.24, 2.45) is 0 Å². The minimum Gasteiger partial charge on any atom is -0.361 e. The van der Waals surface area contributed by atoms with Crippen molar-refractivity contribution in [3.8, 4) is 0 Å². The zero-order chi connectivity index (χ0) is 10.8. The van der Waals surface area contributed by atoms with Crippen LogP contribution in [0.5, 0.6) is 0 Å². The Bertz CT molecular complexity index is 330. The molecule has 0 aliphatic carbocycles. The Labute approximate surface area is 90.1 Å². The van der Waals surface area contributed by atoms with E-state index < -0.39 is 0 Å². The molecule has 15 heavy (non-hydrogen) atoms. The highest BCUT2D eigenvalue weighted by Gasteiger charge is 2.26. The molecule has 0 bridgehead atoms. The second kappa shape index (κ2) is 4.19. The molecule has 1 aromatic carbocycles. The number of para-hydroxylation sites is 1. The van der Waals surface area contributed by atoms with Crippen molar-refractivity contribution in [2.45, 2.75) is 25.9 Å². The highest BCUT2D eigenvalue weighted by Crippen LogP contribution is 2.24. The van der Waals surface area contributed by atoms with E-state index in [1.165, 1.54) is 6.07 Å². The molecule has 2 atom stereocenters. The predicted octanol–water partition coefficient (Wildman–Crippen LogP) is 2.01. The quantitative estimate of drug-likeness (QED) is 0.759. The minimum atomic E-state index is -0.127. The SMILES string of the molecule is CC1CNCC(C)N1c1ccccc1F. The summed E-state index contributed by atoms with van der Waals surface area (Å²) in [6, 6.07) is 7.68. The van der Waals surface area contributed by atoms with E-state index in [0.29, 0.717) is 12.1 Å². The number of nitrogens with zero attached hydrogens (tertiary/aromatic N) is 1. The first kappa shape index (κ1) is 10.4. The summed E-state index contributed by atoms with van der Waals surface area (Å²) < 4.78 is 13.7. The fraction of sp³-hybridized carbons (Fsp3) is 0.500. The van der Waals surface area contributed by atoms with Gasteiger partial charge in [-0.25, -0.2) is 4.39 Å². The molecular formula is C12H17FN2. The number of nitrogens with one attached hydrogen (secondary N) is 1. The third-order valence-electron chi connectivity index (χ3n) is 2.96. The van der Waals surface area contributed by atoms with Gasteiger partial charge >= 0.3 is 0 Å². The van der Waals surface area contributed by atoms with Crippen LogP contribution in [0.25, 0.3) is 0 Å². The van der Waals surface area contributed by atoms with Crippen LogP contribution in [0.4, 0.5) is 10.1 Å². The van der Waals surface area contributed by atoms with Crippen LogP contribution >= 0.6 is 0 Å². The molecule has 1 heterocycles. The summed E-state index contributed by atoms with van der Waals surface area (Å²) in [5.41, 5.74) is 0.721. The molecular weight excluding hydrogens is 191 g/mol. The Balaban J connectivity index is 2.31. The maximum absolute atomic E-state index is 13.7. The van der Waals surface area contributed by atoms with Crippen molar-refractivity contribution in [2.75, 3.05) is 18.0 Å². The Morgan fingerprint density at radius 3 is 2.40 bits per heavy atom. The molecule has 1 aliphatic heterocycles. The van der Waals surface area contributed by atoms with Crippen LogP contribution in [0.1, 0.15) is 13.8 Å². The predicted molar refractivity (Wildman–Crippen MR) is 60.7 cm³/mol. The van der Waals surface area contributed by atoms with Gasteiger partial charge in [0.05, 0.1) is 5.69 Å². The monoisotopic (exact) mass is 208 g/mol. The molecule has 0 amide bonds. The van der Waals surface area contributed by atoms with Gasteiger partial charge in [-0.3, -0.25) is 0 Å². The van der Waals surface area contributed by atoms with Crippen LogP contribution in [0, 0.1) is 5.82 Å². The maximum atomic E-state index is 13.7. The highest BCUT2D eigenvalue weighted by atomic mass is 19.1. The molecule has 1 aliphatic rings. The van der Waals surface area contributed by atoms with Gasteiger partial charge in [0.25, 0.3) is 0 Å². The van der Waals surface area contributed by atoms with E-state index in [1.54, 1.807) is 6.07 Å². The van der Waals surface area contributed by atoms with Gasteiger partial charge < -0.3 is 10.2 Å². The molecule has 2 unspecified atom stereocenters. The first-order valence-electron chi connectivity index (χ1n) is 5.43. The summed E-state index contributed by atoms with van der Waals surface area (Å²) in [5, 5.41) is 3.34. The number of hydrogen-bond donors (Lipinski definition) is 1. The van der Waals surface area contributed by atoms with Crippen molar-refractivity contribution in [1.82, 2.24) is 5.32 Å². The Morgan fingerprint density at radius 2 is 1.80 bits per heavy atom. The zero-order valence-corrected chi connectivity index (χ0v) is 9.20. The fourth-order valence-corrected chi connectivity index (χ4v) is 2.27. The van der Waals surface area contributed by atoms with Gasteiger partial charge in [-0.1, -0.05) is 12.1 Å². The molecule has 1 aromatic rings.